The summed E-state index contributed by atoms with van der Waals surface area (Å²) in [4.78, 5) is 17.1. The van der Waals surface area contributed by atoms with Crippen LogP contribution in [0.2, 0.25) is 0 Å². The molecule has 0 spiro atoms. The number of pyridine rings is 1. The fourth-order valence-electron chi connectivity index (χ4n) is 1.41. The second-order valence-electron chi connectivity index (χ2n) is 3.96. The van der Waals surface area contributed by atoms with Crippen molar-refractivity contribution in [3.63, 3.8) is 0 Å². The highest BCUT2D eigenvalue weighted by Crippen LogP contribution is 2.16. The highest BCUT2D eigenvalue weighted by Gasteiger charge is 2.07. The topological polar surface area (TPSA) is 51.0 Å². The van der Waals surface area contributed by atoms with Crippen molar-refractivity contribution in [3.05, 3.63) is 36.9 Å². The van der Waals surface area contributed by atoms with Gasteiger partial charge in [0.25, 0.3) is 0 Å². The van der Waals surface area contributed by atoms with Crippen molar-refractivity contribution < 1.29 is 4.79 Å². The van der Waals surface area contributed by atoms with Gasteiger partial charge in [0.1, 0.15) is 6.54 Å². The number of likely N-dealkylation sites (N-methyl/N-ethyl adjacent to an activating group) is 1. The first-order chi connectivity index (χ1) is 8.16. The Morgan fingerprint density at radius 1 is 1.35 bits per heavy atom. The van der Waals surface area contributed by atoms with E-state index in [1.807, 2.05) is 18.3 Å². The second kappa shape index (κ2) is 4.78. The first kappa shape index (κ1) is 11.3. The molecule has 2 aromatic rings. The van der Waals surface area contributed by atoms with Crippen molar-refractivity contribution in [1.29, 1.82) is 0 Å². The molecule has 2 aromatic heterocycles. The summed E-state index contributed by atoms with van der Waals surface area (Å²) in [5.41, 5.74) is 1.96. The van der Waals surface area contributed by atoms with E-state index in [2.05, 4.69) is 10.1 Å². The smallest absolute Gasteiger partial charge is 0.243 e. The van der Waals surface area contributed by atoms with Crippen LogP contribution in [0.5, 0.6) is 0 Å². The first-order valence-electron chi connectivity index (χ1n) is 5.30. The highest BCUT2D eigenvalue weighted by molar-refractivity contribution is 5.75. The number of nitrogens with zero attached hydrogens (tertiary/aromatic N) is 4. The molecular weight excluding hydrogens is 216 g/mol. The monoisotopic (exact) mass is 230 g/mol. The van der Waals surface area contributed by atoms with Crippen LogP contribution in [0.3, 0.4) is 0 Å². The minimum absolute atomic E-state index is 0.0193. The summed E-state index contributed by atoms with van der Waals surface area (Å²) in [7, 11) is 3.46. The molecule has 0 unspecified atom stereocenters. The molecule has 5 nitrogen and oxygen atoms in total. The van der Waals surface area contributed by atoms with Crippen molar-refractivity contribution in [2.75, 3.05) is 14.1 Å². The summed E-state index contributed by atoms with van der Waals surface area (Å²) in [5.74, 6) is 0.0193. The third-order valence-electron chi connectivity index (χ3n) is 2.42. The number of aromatic nitrogens is 3. The summed E-state index contributed by atoms with van der Waals surface area (Å²) in [6.07, 6.45) is 7.08. The molecule has 0 aliphatic rings. The average Bonchev–Trinajstić information content (AvgIpc) is 2.78. The Morgan fingerprint density at radius 3 is 2.82 bits per heavy atom. The summed E-state index contributed by atoms with van der Waals surface area (Å²) in [6.45, 7) is 0.257. The van der Waals surface area contributed by atoms with Crippen LogP contribution < -0.4 is 0 Å². The molecular formula is C12H14N4O. The van der Waals surface area contributed by atoms with Gasteiger partial charge in [-0.3, -0.25) is 14.5 Å². The molecule has 0 bridgehead atoms. The van der Waals surface area contributed by atoms with E-state index < -0.39 is 0 Å². The fourth-order valence-corrected chi connectivity index (χ4v) is 1.41. The number of rotatable bonds is 3. The zero-order valence-electron chi connectivity index (χ0n) is 9.87. The molecule has 88 valence electrons. The molecule has 5 heteroatoms. The maximum atomic E-state index is 11.5. The maximum Gasteiger partial charge on any atom is 0.243 e. The van der Waals surface area contributed by atoms with Crippen LogP contribution in [-0.4, -0.2) is 39.7 Å². The van der Waals surface area contributed by atoms with Gasteiger partial charge in [0, 0.05) is 43.8 Å². The molecule has 0 saturated heterocycles. The van der Waals surface area contributed by atoms with Gasteiger partial charge in [0.15, 0.2) is 0 Å². The summed E-state index contributed by atoms with van der Waals surface area (Å²) in [5, 5.41) is 4.16. The summed E-state index contributed by atoms with van der Waals surface area (Å²) in [6, 6.07) is 3.83. The van der Waals surface area contributed by atoms with Gasteiger partial charge in [-0.15, -0.1) is 0 Å². The highest BCUT2D eigenvalue weighted by atomic mass is 16.2. The van der Waals surface area contributed by atoms with E-state index in [9.17, 15) is 4.79 Å². The van der Waals surface area contributed by atoms with E-state index >= 15 is 0 Å². The number of hydrogen-bond donors (Lipinski definition) is 0. The molecule has 2 rings (SSSR count). The molecule has 2 heterocycles. The predicted octanol–water partition coefficient (Wildman–Crippen LogP) is 1.03. The van der Waals surface area contributed by atoms with E-state index in [0.717, 1.165) is 11.1 Å². The summed E-state index contributed by atoms with van der Waals surface area (Å²) < 4.78 is 1.63. The quantitative estimate of drug-likeness (QED) is 0.791. The molecule has 0 atom stereocenters. The lowest BCUT2D eigenvalue weighted by atomic mass is 10.2. The van der Waals surface area contributed by atoms with Gasteiger partial charge in [-0.1, -0.05) is 6.07 Å². The SMILES string of the molecule is CN(C)C(=O)Cn1cc(-c2cccnc2)cn1. The van der Waals surface area contributed by atoms with Gasteiger partial charge in [-0.25, -0.2) is 0 Å². The zero-order valence-corrected chi connectivity index (χ0v) is 9.87. The zero-order chi connectivity index (χ0) is 12.3. The van der Waals surface area contributed by atoms with Gasteiger partial charge in [0.05, 0.1) is 6.20 Å². The van der Waals surface area contributed by atoms with Gasteiger partial charge in [0.2, 0.25) is 5.91 Å². The molecule has 0 N–H and O–H groups in total. The minimum atomic E-state index is 0.0193. The average molecular weight is 230 g/mol. The molecule has 0 saturated carbocycles. The van der Waals surface area contributed by atoms with Crippen molar-refractivity contribution in [1.82, 2.24) is 19.7 Å². The summed E-state index contributed by atoms with van der Waals surface area (Å²) >= 11 is 0. The normalized spacial score (nSPS) is 10.2. The van der Waals surface area contributed by atoms with Gasteiger partial charge >= 0.3 is 0 Å². The Kier molecular flexibility index (Phi) is 3.18. The molecule has 0 aromatic carbocycles. The van der Waals surface area contributed by atoms with Crippen molar-refractivity contribution in [2.45, 2.75) is 6.54 Å². The van der Waals surface area contributed by atoms with Gasteiger partial charge in [-0.2, -0.15) is 5.10 Å². The van der Waals surface area contributed by atoms with Crippen LogP contribution in [0.4, 0.5) is 0 Å². The van der Waals surface area contributed by atoms with Crippen LogP contribution in [0, 0.1) is 0 Å². The predicted molar refractivity (Wildman–Crippen MR) is 64.2 cm³/mol. The van der Waals surface area contributed by atoms with Crippen molar-refractivity contribution in [2.24, 2.45) is 0 Å². The Bertz CT molecular complexity index is 504. The molecule has 0 aliphatic carbocycles. The molecule has 1 amide bonds. The Morgan fingerprint density at radius 2 is 2.18 bits per heavy atom. The Balaban J connectivity index is 2.14. The lowest BCUT2D eigenvalue weighted by molar-refractivity contribution is -0.129. The Hall–Kier alpha value is -2.17. The van der Waals surface area contributed by atoms with Gasteiger partial charge < -0.3 is 4.90 Å². The molecule has 0 aliphatic heterocycles. The van der Waals surface area contributed by atoms with Crippen LogP contribution >= 0.6 is 0 Å². The van der Waals surface area contributed by atoms with Crippen LogP contribution in [0.15, 0.2) is 36.9 Å². The van der Waals surface area contributed by atoms with E-state index in [1.54, 1.807) is 42.3 Å². The maximum absolute atomic E-state index is 11.5. The lowest BCUT2D eigenvalue weighted by Crippen LogP contribution is -2.26. The van der Waals surface area contributed by atoms with E-state index in [4.69, 9.17) is 0 Å². The first-order valence-corrected chi connectivity index (χ1v) is 5.30. The van der Waals surface area contributed by atoms with Crippen molar-refractivity contribution in [3.8, 4) is 11.1 Å². The third-order valence-corrected chi connectivity index (χ3v) is 2.42. The van der Waals surface area contributed by atoms with E-state index in [-0.39, 0.29) is 12.5 Å². The fraction of sp³-hybridized carbons (Fsp3) is 0.250. The number of carbonyl (C=O) groups is 1. The van der Waals surface area contributed by atoms with Crippen LogP contribution in [0.1, 0.15) is 0 Å². The van der Waals surface area contributed by atoms with E-state index in [0.29, 0.717) is 0 Å². The molecule has 0 radical (unpaired) electrons. The second-order valence-corrected chi connectivity index (χ2v) is 3.96. The number of amides is 1. The minimum Gasteiger partial charge on any atom is -0.347 e. The number of carbonyl (C=O) groups excluding carboxylic acids is 1. The van der Waals surface area contributed by atoms with Crippen molar-refractivity contribution >= 4 is 5.91 Å². The molecule has 0 fully saturated rings. The van der Waals surface area contributed by atoms with Crippen LogP contribution in [-0.2, 0) is 11.3 Å². The largest absolute Gasteiger partial charge is 0.347 e. The standard InChI is InChI=1S/C12H14N4O/c1-15(2)12(17)9-16-8-11(7-14-16)10-4-3-5-13-6-10/h3-8H,9H2,1-2H3. The lowest BCUT2D eigenvalue weighted by Gasteiger charge is -2.09. The van der Waals surface area contributed by atoms with E-state index in [1.165, 1.54) is 0 Å². The third kappa shape index (κ3) is 2.69. The molecule has 17 heavy (non-hydrogen) atoms. The van der Waals surface area contributed by atoms with Crippen LogP contribution in [0.25, 0.3) is 11.1 Å². The number of hydrogen-bond acceptors (Lipinski definition) is 3. The van der Waals surface area contributed by atoms with Gasteiger partial charge in [-0.05, 0) is 6.07 Å². The Labute approximate surface area is 99.7 Å².